The van der Waals surface area contributed by atoms with Crippen LogP contribution in [-0.2, 0) is 20.0 Å². The molecule has 0 nitrogen and oxygen atoms in total. The fourth-order valence-electron chi connectivity index (χ4n) is 8.27. The van der Waals surface area contributed by atoms with E-state index in [2.05, 4.69) is 98.8 Å². The molecule has 3 aliphatic rings. The van der Waals surface area contributed by atoms with Crippen LogP contribution in [0.3, 0.4) is 0 Å². The molecular weight excluding hydrogens is 694 g/mol. The maximum absolute atomic E-state index is 2.92. The Morgan fingerprint density at radius 1 is 0.600 bits per heavy atom. The third-order valence-electron chi connectivity index (χ3n) is 10.1. The molecule has 0 spiro atoms. The Hall–Kier alpha value is -1.67. The van der Waals surface area contributed by atoms with Crippen LogP contribution < -0.4 is 24.8 Å². The van der Waals surface area contributed by atoms with E-state index in [9.17, 15) is 0 Å². The molecule has 0 aromatic heterocycles. The van der Waals surface area contributed by atoms with Gasteiger partial charge in [0.15, 0.2) is 0 Å². The van der Waals surface area contributed by atoms with Crippen molar-refractivity contribution in [2.75, 3.05) is 0 Å². The normalized spacial score (nSPS) is 19.4. The first kappa shape index (κ1) is 29.8. The van der Waals surface area contributed by atoms with Crippen LogP contribution in [-0.4, -0.2) is 0 Å². The first-order valence-electron chi connectivity index (χ1n) is 15.2. The van der Waals surface area contributed by atoms with Gasteiger partial charge >= 0.3 is 234 Å². The Balaban J connectivity index is 0.00000161. The summed E-state index contributed by atoms with van der Waals surface area (Å²) in [5.41, 5.74) is 10.2. The molecule has 0 amide bonds. The van der Waals surface area contributed by atoms with Gasteiger partial charge in [0.05, 0.1) is 0 Å². The molecule has 2 aliphatic carbocycles. The average Bonchev–Trinajstić information content (AvgIpc) is 3.50. The molecule has 1 heterocycles. The quantitative estimate of drug-likeness (QED) is 0.215. The van der Waals surface area contributed by atoms with Crippen LogP contribution in [0.1, 0.15) is 88.4 Å². The second-order valence-electron chi connectivity index (χ2n) is 12.2. The Kier molecular flexibility index (Phi) is 9.16. The summed E-state index contributed by atoms with van der Waals surface area (Å²) in [7, 11) is 0. The van der Waals surface area contributed by atoms with Crippen LogP contribution in [0.2, 0.25) is 8.35 Å². The minimum absolute atomic E-state index is 0. The molecule has 0 N–H and O–H groups in total. The van der Waals surface area contributed by atoms with E-state index < -0.39 is 20.0 Å². The molecule has 4 aromatic carbocycles. The summed E-state index contributed by atoms with van der Waals surface area (Å²) in [6, 6.07) is 28.2. The van der Waals surface area contributed by atoms with Gasteiger partial charge in [-0.05, 0) is 0 Å². The summed E-state index contributed by atoms with van der Waals surface area (Å²) in [4.78, 5) is 0. The summed E-state index contributed by atoms with van der Waals surface area (Å²) < 4.78 is 4.64. The van der Waals surface area contributed by atoms with Crippen molar-refractivity contribution in [1.29, 1.82) is 0 Å². The van der Waals surface area contributed by atoms with E-state index in [-0.39, 0.29) is 24.8 Å². The summed E-state index contributed by atoms with van der Waals surface area (Å²) in [6.07, 6.45) is 14.6. The van der Waals surface area contributed by atoms with E-state index >= 15 is 0 Å². The van der Waals surface area contributed by atoms with Crippen molar-refractivity contribution in [3.8, 4) is 0 Å². The van der Waals surface area contributed by atoms with Crippen molar-refractivity contribution in [3.05, 3.63) is 106 Å². The van der Waals surface area contributed by atoms with Crippen molar-refractivity contribution in [3.63, 3.8) is 0 Å². The first-order valence-corrected chi connectivity index (χ1v) is 24.4. The summed E-state index contributed by atoms with van der Waals surface area (Å²) >= 11 is -2.92. The van der Waals surface area contributed by atoms with E-state index in [4.69, 9.17) is 0 Å². The Morgan fingerprint density at radius 2 is 1.05 bits per heavy atom. The largest absolute Gasteiger partial charge is 1.00 e. The SMILES string of the molecule is CCCCC1=Cc2c(ccc3ccccc23)[CH]1[Hf+2]1([CH]2C(CCCC)=Cc3c2ccc2ccccc32)[CH2]C[CH2]1.[Cl-].[Cl-]. The number of benzene rings is 4. The molecule has 206 valence electrons. The number of fused-ring (bicyclic) bond motifs is 6. The Bertz CT molecular complexity index is 1480. The van der Waals surface area contributed by atoms with E-state index in [0.717, 1.165) is 7.35 Å². The van der Waals surface area contributed by atoms with Crippen LogP contribution in [0, 0.1) is 0 Å². The third-order valence-corrected chi connectivity index (χ3v) is 32.5. The van der Waals surface area contributed by atoms with Gasteiger partial charge in [0, 0.05) is 0 Å². The number of hydrogen-bond donors (Lipinski definition) is 0. The van der Waals surface area contributed by atoms with Crippen LogP contribution in [0.5, 0.6) is 0 Å². The van der Waals surface area contributed by atoms with Crippen molar-refractivity contribution in [1.82, 2.24) is 0 Å². The van der Waals surface area contributed by atoms with Gasteiger partial charge in [0.2, 0.25) is 0 Å². The maximum atomic E-state index is 2.68. The molecule has 2 atom stereocenters. The van der Waals surface area contributed by atoms with Gasteiger partial charge in [-0.3, -0.25) is 0 Å². The Labute approximate surface area is 257 Å². The van der Waals surface area contributed by atoms with Crippen molar-refractivity contribution < 1.29 is 44.8 Å². The molecule has 0 saturated carbocycles. The number of allylic oxidation sites excluding steroid dienone is 2. The van der Waals surface area contributed by atoms with Crippen LogP contribution >= 0.6 is 0 Å². The minimum atomic E-state index is -2.92. The van der Waals surface area contributed by atoms with Crippen LogP contribution in [0.4, 0.5) is 0 Å². The Morgan fingerprint density at radius 3 is 1.45 bits per heavy atom. The maximum Gasteiger partial charge on any atom is -1.00 e. The van der Waals surface area contributed by atoms with Gasteiger partial charge in [0.1, 0.15) is 0 Å². The summed E-state index contributed by atoms with van der Waals surface area (Å²) in [5.74, 6) is 0. The smallest absolute Gasteiger partial charge is 1.00 e. The average molecular weight is 734 g/mol. The van der Waals surface area contributed by atoms with E-state index in [1.54, 1.807) is 30.6 Å². The van der Waals surface area contributed by atoms with E-state index in [1.807, 2.05) is 11.1 Å². The van der Waals surface area contributed by atoms with Gasteiger partial charge in [-0.2, -0.15) is 0 Å². The number of hydrogen-bond acceptors (Lipinski definition) is 0. The molecule has 3 heteroatoms. The van der Waals surface area contributed by atoms with Gasteiger partial charge < -0.3 is 24.8 Å². The molecule has 2 unspecified atom stereocenters. The van der Waals surface area contributed by atoms with Gasteiger partial charge in [-0.15, -0.1) is 0 Å². The van der Waals surface area contributed by atoms with Crippen molar-refractivity contribution in [2.45, 2.75) is 74.5 Å². The molecular formula is C37H40Cl2Hf. The number of unbranched alkanes of at least 4 members (excludes halogenated alkanes) is 2. The second kappa shape index (κ2) is 12.3. The van der Waals surface area contributed by atoms with Crippen LogP contribution in [0.25, 0.3) is 33.7 Å². The fourth-order valence-corrected chi connectivity index (χ4v) is 31.0. The number of rotatable bonds is 8. The van der Waals surface area contributed by atoms with Crippen molar-refractivity contribution >= 4 is 33.7 Å². The first-order chi connectivity index (χ1) is 18.7. The molecule has 4 aromatic rings. The molecule has 1 fully saturated rings. The zero-order valence-corrected chi connectivity index (χ0v) is 29.0. The van der Waals surface area contributed by atoms with Gasteiger partial charge in [-0.25, -0.2) is 0 Å². The second-order valence-corrected chi connectivity index (χ2v) is 28.8. The van der Waals surface area contributed by atoms with Crippen molar-refractivity contribution in [2.24, 2.45) is 0 Å². The molecule has 0 radical (unpaired) electrons. The van der Waals surface area contributed by atoms with E-state index in [0.29, 0.717) is 0 Å². The molecule has 40 heavy (non-hydrogen) atoms. The summed E-state index contributed by atoms with van der Waals surface area (Å²) in [5, 5.41) is 5.75. The molecule has 1 saturated heterocycles. The van der Waals surface area contributed by atoms with E-state index in [1.165, 1.54) is 66.5 Å². The van der Waals surface area contributed by atoms with Crippen LogP contribution in [0.15, 0.2) is 83.9 Å². The zero-order chi connectivity index (χ0) is 25.7. The van der Waals surface area contributed by atoms with Gasteiger partial charge in [-0.1, -0.05) is 0 Å². The fraction of sp³-hybridized carbons (Fsp3) is 0.351. The monoisotopic (exact) mass is 734 g/mol. The topological polar surface area (TPSA) is 0 Å². The number of halogens is 2. The minimum Gasteiger partial charge on any atom is -1.00 e. The predicted octanol–water partition coefficient (Wildman–Crippen LogP) is 5.35. The predicted molar refractivity (Wildman–Crippen MR) is 163 cm³/mol. The zero-order valence-electron chi connectivity index (χ0n) is 23.9. The summed E-state index contributed by atoms with van der Waals surface area (Å²) in [6.45, 7) is 4.72. The molecule has 1 aliphatic heterocycles. The third kappa shape index (κ3) is 4.69. The standard InChI is InChI=1S/2C17H17.C3H6.2ClH.Hf/c2*1-2-3-6-13-11-15-10-9-14-7-4-5-8-16(14)17(15)12-13;1-3-2;;;/h2*4-5,7-12H,2-3,6H2,1H3;1-3H2;2*1H;/q;;;;;+2/p-2. The molecule has 0 bridgehead atoms. The molecule has 7 rings (SSSR count). The van der Waals surface area contributed by atoms with Gasteiger partial charge in [0.25, 0.3) is 0 Å².